The Morgan fingerprint density at radius 2 is 1.06 bits per heavy atom. The number of fused-ring (bicyclic) bond motifs is 6. The number of alkyl halides is 1. The van der Waals surface area contributed by atoms with Crippen LogP contribution in [0.1, 0.15) is 133 Å². The van der Waals surface area contributed by atoms with Crippen molar-refractivity contribution in [2.24, 2.45) is 9.98 Å². The van der Waals surface area contributed by atoms with Gasteiger partial charge in [-0.05, 0) is 142 Å². The average Bonchev–Trinajstić information content (AvgIpc) is 4.14. The highest BCUT2D eigenvalue weighted by Crippen LogP contribution is 2.48. The Morgan fingerprint density at radius 1 is 0.522 bits per heavy atom. The van der Waals surface area contributed by atoms with Crippen LogP contribution in [0.3, 0.4) is 0 Å². The zero-order valence-electron chi connectivity index (χ0n) is 42.2. The number of aromatic amines is 1. The molecule has 6 aromatic carbocycles. The minimum absolute atomic E-state index is 0.0635. The first-order valence-corrected chi connectivity index (χ1v) is 25.4. The number of benzene rings is 6. The Balaban J connectivity index is 1.22. The second-order valence-electron chi connectivity index (χ2n) is 23.9. The molecule has 11 rings (SSSR count). The molecule has 5 heterocycles. The van der Waals surface area contributed by atoms with Crippen LogP contribution in [0.5, 0.6) is 0 Å². The monoisotopic (exact) mass is 966 g/mol. The molecule has 0 fully saturated rings. The highest BCUT2D eigenvalue weighted by Gasteiger charge is 2.45. The van der Waals surface area contributed by atoms with Crippen LogP contribution >= 0.6 is 15.9 Å². The van der Waals surface area contributed by atoms with Crippen LogP contribution in [0.2, 0.25) is 0 Å². The van der Waals surface area contributed by atoms with E-state index in [9.17, 15) is 0 Å². The lowest BCUT2D eigenvalue weighted by molar-refractivity contribution is 0.561. The van der Waals surface area contributed by atoms with E-state index in [0.29, 0.717) is 0 Å². The third kappa shape index (κ3) is 7.73. The maximum atomic E-state index is 5.82. The van der Waals surface area contributed by atoms with E-state index in [0.717, 1.165) is 62.2 Å². The first kappa shape index (κ1) is 45.2. The van der Waals surface area contributed by atoms with Crippen LogP contribution in [-0.4, -0.2) is 22.4 Å². The average molecular weight is 968 g/mol. The van der Waals surface area contributed by atoms with Gasteiger partial charge in [-0.15, -0.1) is 0 Å². The second kappa shape index (κ2) is 15.6. The molecule has 0 saturated carbocycles. The smallest absolute Gasteiger partial charge is 0.116 e. The molecule has 69 heavy (non-hydrogen) atoms. The third-order valence-electron chi connectivity index (χ3n) is 14.8. The molecular weight excluding hydrogens is 905 g/mol. The van der Waals surface area contributed by atoms with Crippen LogP contribution in [0.4, 0.5) is 0 Å². The summed E-state index contributed by atoms with van der Waals surface area (Å²) in [6.07, 6.45) is 15.5. The van der Waals surface area contributed by atoms with Crippen LogP contribution < -0.4 is 5.32 Å². The molecule has 8 bridgehead atoms. The van der Waals surface area contributed by atoms with Gasteiger partial charge in [-0.25, -0.2) is 4.99 Å². The van der Waals surface area contributed by atoms with Gasteiger partial charge in [-0.3, -0.25) is 4.99 Å². The number of aliphatic imine (C=N–C) groups is 2. The van der Waals surface area contributed by atoms with E-state index >= 15 is 0 Å². The van der Waals surface area contributed by atoms with Gasteiger partial charge >= 0.3 is 0 Å². The highest BCUT2D eigenvalue weighted by atomic mass is 79.9. The number of nitrogens with one attached hydrogen (secondary N) is 2. The highest BCUT2D eigenvalue weighted by molar-refractivity contribution is 9.10. The summed E-state index contributed by atoms with van der Waals surface area (Å²) in [6, 6.07) is 39.1. The summed E-state index contributed by atoms with van der Waals surface area (Å²) in [4.78, 5) is 15.3. The second-order valence-corrected chi connectivity index (χ2v) is 25.1. The summed E-state index contributed by atoms with van der Waals surface area (Å²) in [5, 5.41) is 11.5. The molecule has 0 radical (unpaired) electrons. The minimum Gasteiger partial charge on any atom is -0.377 e. The standard InChI is InChI=1S/C64H63BrN4/c1-60(2,3)41-30-40(31-42(32-41)61(4,5)6)58-50-24-20-46(66-50)36-47-21-28-54(67-47)64(65,45-34-43(62(7,8)9)33-44(35-45)63(10,11)12)55-29-27-53(69-55)59(52-26-25-51(58)68-52)49-23-19-39-17-16-37-14-13-15-38-18-22-48(49)57(39)56(37)38/h13-36,54,67-68H,1-12H3/b47-36-,58-50-,59-53-. The lowest BCUT2D eigenvalue weighted by Gasteiger charge is -2.36. The topological polar surface area (TPSA) is 52.5 Å². The molecule has 5 heteroatoms. The van der Waals surface area contributed by atoms with E-state index in [1.807, 2.05) is 0 Å². The predicted octanol–water partition coefficient (Wildman–Crippen LogP) is 16.4. The van der Waals surface area contributed by atoms with E-state index in [1.165, 1.54) is 60.1 Å². The van der Waals surface area contributed by atoms with E-state index in [1.54, 1.807) is 0 Å². The van der Waals surface area contributed by atoms with Gasteiger partial charge in [-0.1, -0.05) is 196 Å². The molecule has 2 N–H and O–H groups in total. The molecule has 0 aliphatic carbocycles. The summed E-state index contributed by atoms with van der Waals surface area (Å²) < 4.78 is -0.751. The molecular formula is C64H63BrN4. The third-order valence-corrected chi connectivity index (χ3v) is 16.1. The van der Waals surface area contributed by atoms with Gasteiger partial charge in [0.2, 0.25) is 0 Å². The maximum absolute atomic E-state index is 5.82. The largest absolute Gasteiger partial charge is 0.377 e. The van der Waals surface area contributed by atoms with Crippen molar-refractivity contribution in [3.63, 3.8) is 0 Å². The molecule has 4 aliphatic heterocycles. The summed E-state index contributed by atoms with van der Waals surface area (Å²) in [5.74, 6) is 0. The maximum Gasteiger partial charge on any atom is 0.116 e. The zero-order valence-corrected chi connectivity index (χ0v) is 43.8. The summed E-state index contributed by atoms with van der Waals surface area (Å²) in [5.41, 5.74) is 17.2. The number of rotatable bonds is 3. The fourth-order valence-corrected chi connectivity index (χ4v) is 11.3. The zero-order chi connectivity index (χ0) is 48.6. The molecule has 1 aromatic heterocycles. The lowest BCUT2D eigenvalue weighted by atomic mass is 9.76. The van der Waals surface area contributed by atoms with Crippen molar-refractivity contribution in [3.05, 3.63) is 213 Å². The van der Waals surface area contributed by atoms with Crippen molar-refractivity contribution in [1.29, 1.82) is 0 Å². The number of nitrogens with zero attached hydrogens (tertiary/aromatic N) is 2. The van der Waals surface area contributed by atoms with Crippen molar-refractivity contribution in [1.82, 2.24) is 10.3 Å². The SMILES string of the molecule is CC(C)(C)c1cc(/C2=C3\C=CC(=N3)/C=C3/C=CC(N3)C(Br)(c3cc(C(C)(C)C)cc(C(C)(C)C)c3)C3=N/C(=C(/c4ccc5ccc6cccc7ccc4c5c67)c4ccc2[nH]4)C=C3)cc(C(C)(C)C)c1. The molecule has 7 aromatic rings. The molecule has 0 amide bonds. The van der Waals surface area contributed by atoms with Gasteiger partial charge < -0.3 is 10.3 Å². The molecule has 0 spiro atoms. The van der Waals surface area contributed by atoms with E-state index < -0.39 is 4.32 Å². The Hall–Kier alpha value is -6.30. The van der Waals surface area contributed by atoms with Gasteiger partial charge in [-0.2, -0.15) is 0 Å². The van der Waals surface area contributed by atoms with E-state index in [4.69, 9.17) is 9.98 Å². The Morgan fingerprint density at radius 3 is 1.68 bits per heavy atom. The van der Waals surface area contributed by atoms with Crippen LogP contribution in [0.15, 0.2) is 173 Å². The molecule has 346 valence electrons. The normalized spacial score (nSPS) is 22.5. The number of H-pyrrole nitrogens is 1. The summed E-state index contributed by atoms with van der Waals surface area (Å²) in [7, 11) is 0. The van der Waals surface area contributed by atoms with Crippen molar-refractivity contribution in [3.8, 4) is 0 Å². The molecule has 2 atom stereocenters. The number of halogens is 1. The van der Waals surface area contributed by atoms with Crippen LogP contribution in [0.25, 0.3) is 43.5 Å². The van der Waals surface area contributed by atoms with Crippen LogP contribution in [-0.2, 0) is 26.0 Å². The van der Waals surface area contributed by atoms with Crippen molar-refractivity contribution in [2.75, 3.05) is 0 Å². The van der Waals surface area contributed by atoms with Crippen molar-refractivity contribution in [2.45, 2.75) is 115 Å². The quantitative estimate of drug-likeness (QED) is 0.135. The number of hydrogen-bond acceptors (Lipinski definition) is 3. The predicted molar refractivity (Wildman–Crippen MR) is 299 cm³/mol. The van der Waals surface area contributed by atoms with E-state index in [2.05, 4.69) is 255 Å². The van der Waals surface area contributed by atoms with Gasteiger partial charge in [0.25, 0.3) is 0 Å². The molecule has 2 unspecified atom stereocenters. The van der Waals surface area contributed by atoms with E-state index in [-0.39, 0.29) is 27.7 Å². The Labute approximate surface area is 417 Å². The van der Waals surface area contributed by atoms with Gasteiger partial charge in [0.1, 0.15) is 4.32 Å². The summed E-state index contributed by atoms with van der Waals surface area (Å²) in [6.45, 7) is 27.7. The fourth-order valence-electron chi connectivity index (χ4n) is 10.6. The van der Waals surface area contributed by atoms with Gasteiger partial charge in [0, 0.05) is 28.2 Å². The lowest BCUT2D eigenvalue weighted by Crippen LogP contribution is -2.45. The number of aromatic nitrogens is 1. The Bertz CT molecular complexity index is 3480. The van der Waals surface area contributed by atoms with Crippen molar-refractivity contribution < 1.29 is 0 Å². The Kier molecular flexibility index (Phi) is 10.2. The first-order valence-electron chi connectivity index (χ1n) is 24.6. The number of hydrogen-bond donors (Lipinski definition) is 2. The van der Waals surface area contributed by atoms with Gasteiger partial charge in [0.15, 0.2) is 0 Å². The minimum atomic E-state index is -0.751. The first-order chi connectivity index (χ1) is 32.5. The number of allylic oxidation sites excluding steroid dienone is 6. The molecule has 4 aliphatic rings. The van der Waals surface area contributed by atoms with Gasteiger partial charge in [0.05, 0.1) is 28.9 Å². The molecule has 0 saturated heterocycles. The molecule has 4 nitrogen and oxygen atoms in total. The van der Waals surface area contributed by atoms with Crippen molar-refractivity contribution >= 4 is 70.8 Å². The fraction of sp³-hybridized carbons (Fsp3) is 0.281. The summed E-state index contributed by atoms with van der Waals surface area (Å²) >= 11 is 4.54. The van der Waals surface area contributed by atoms with Crippen LogP contribution in [0, 0.1) is 0 Å².